The number of nitrogens with zero attached hydrogens (tertiary/aromatic N) is 1. The number of fused-ring (bicyclic) bond motifs is 1. The third kappa shape index (κ3) is 1.94. The second-order valence-corrected chi connectivity index (χ2v) is 5.16. The van der Waals surface area contributed by atoms with E-state index in [1.165, 1.54) is 0 Å². The number of aromatic nitrogens is 1. The quantitative estimate of drug-likeness (QED) is 0.892. The summed E-state index contributed by atoms with van der Waals surface area (Å²) in [6.07, 6.45) is 1.28. The molecule has 1 saturated heterocycles. The average Bonchev–Trinajstić information content (AvgIpc) is 3.02. The number of rotatable bonds is 2. The lowest BCUT2D eigenvalue weighted by Gasteiger charge is -2.15. The summed E-state index contributed by atoms with van der Waals surface area (Å²) in [6, 6.07) is 5.93. The number of H-pyrrole nitrogens is 1. The first-order valence-corrected chi connectivity index (χ1v) is 6.69. The summed E-state index contributed by atoms with van der Waals surface area (Å²) in [5.41, 5.74) is 1.91. The maximum Gasteiger partial charge on any atom is 0.292 e. The van der Waals surface area contributed by atoms with Crippen LogP contribution in [-0.2, 0) is 9.53 Å². The molecule has 104 valence electrons. The molecule has 2 heterocycles. The smallest absolute Gasteiger partial charge is 0.292 e. The van der Waals surface area contributed by atoms with Crippen LogP contribution >= 0.6 is 11.6 Å². The largest absolute Gasteiger partial charge is 0.451 e. The summed E-state index contributed by atoms with van der Waals surface area (Å²) in [7, 11) is 1.57. The molecule has 3 rings (SSSR count). The molecule has 0 aliphatic carbocycles. The lowest BCUT2D eigenvalue weighted by Crippen LogP contribution is -2.28. The van der Waals surface area contributed by atoms with Crippen molar-refractivity contribution in [2.24, 2.45) is 4.99 Å². The first-order chi connectivity index (χ1) is 9.61. The molecule has 5 nitrogen and oxygen atoms in total. The highest BCUT2D eigenvalue weighted by molar-refractivity contribution is 6.35. The van der Waals surface area contributed by atoms with Crippen molar-refractivity contribution in [3.63, 3.8) is 0 Å². The lowest BCUT2D eigenvalue weighted by atomic mass is 9.94. The Kier molecular flexibility index (Phi) is 3.14. The summed E-state index contributed by atoms with van der Waals surface area (Å²) >= 11 is 6.26. The first-order valence-electron chi connectivity index (χ1n) is 6.31. The fourth-order valence-electron chi connectivity index (χ4n) is 2.51. The molecular formula is C14H14ClN3O2. The van der Waals surface area contributed by atoms with Crippen LogP contribution < -0.4 is 5.32 Å². The number of amidine groups is 1. The number of aromatic amines is 1. The van der Waals surface area contributed by atoms with Crippen LogP contribution in [0.5, 0.6) is 0 Å². The van der Waals surface area contributed by atoms with E-state index in [2.05, 4.69) is 15.3 Å². The van der Waals surface area contributed by atoms with Crippen molar-refractivity contribution in [2.75, 3.05) is 7.05 Å². The number of ether oxygens (including phenoxy) is 1. The van der Waals surface area contributed by atoms with E-state index in [1.807, 2.05) is 31.3 Å². The van der Waals surface area contributed by atoms with Gasteiger partial charge in [0.2, 0.25) is 0 Å². The fourth-order valence-corrected chi connectivity index (χ4v) is 2.79. The Hall–Kier alpha value is -2.01. The third-order valence-corrected chi connectivity index (χ3v) is 3.88. The normalized spacial score (nSPS) is 22.1. The van der Waals surface area contributed by atoms with Gasteiger partial charge in [-0.25, -0.2) is 4.99 Å². The second kappa shape index (κ2) is 4.83. The van der Waals surface area contributed by atoms with E-state index in [9.17, 15) is 4.79 Å². The van der Waals surface area contributed by atoms with Crippen molar-refractivity contribution >= 4 is 34.4 Å². The molecule has 6 heteroatoms. The molecule has 1 aliphatic heterocycles. The average molecular weight is 292 g/mol. The van der Waals surface area contributed by atoms with Crippen molar-refractivity contribution in [1.29, 1.82) is 0 Å². The molecular weight excluding hydrogens is 278 g/mol. The molecule has 1 fully saturated rings. The number of benzene rings is 1. The van der Waals surface area contributed by atoms with Crippen LogP contribution in [0.15, 0.2) is 29.4 Å². The first kappa shape index (κ1) is 13.0. The molecule has 0 bridgehead atoms. The van der Waals surface area contributed by atoms with Gasteiger partial charge in [-0.2, -0.15) is 0 Å². The zero-order chi connectivity index (χ0) is 14.3. The molecule has 1 aliphatic rings. The Morgan fingerprint density at radius 2 is 2.25 bits per heavy atom. The van der Waals surface area contributed by atoms with Gasteiger partial charge in [0.15, 0.2) is 6.10 Å². The molecule has 2 aromatic rings. The Labute approximate surface area is 121 Å². The number of hydrogen-bond acceptors (Lipinski definition) is 3. The minimum Gasteiger partial charge on any atom is -0.451 e. The Morgan fingerprint density at radius 1 is 1.45 bits per heavy atom. The van der Waals surface area contributed by atoms with Crippen LogP contribution in [0.1, 0.15) is 18.4 Å². The topological polar surface area (TPSA) is 66.5 Å². The minimum atomic E-state index is -0.594. The van der Waals surface area contributed by atoms with Gasteiger partial charge in [-0.05, 0) is 17.7 Å². The van der Waals surface area contributed by atoms with E-state index in [0.29, 0.717) is 5.02 Å². The number of hydrogen-bond donors (Lipinski definition) is 2. The number of halogens is 1. The van der Waals surface area contributed by atoms with E-state index in [-0.39, 0.29) is 17.8 Å². The predicted molar refractivity (Wildman–Crippen MR) is 78.1 cm³/mol. The van der Waals surface area contributed by atoms with Crippen LogP contribution in [0.2, 0.25) is 5.02 Å². The Bertz CT molecular complexity index is 708. The highest BCUT2D eigenvalue weighted by Gasteiger charge is 2.37. The SMILES string of the molecule is CN=C1NC(=O)[C@@H]([C@@H](C)c2c[nH]c3cccc(Cl)c23)O1. The fraction of sp³-hybridized carbons (Fsp3) is 0.286. The molecule has 0 spiro atoms. The van der Waals surface area contributed by atoms with E-state index in [4.69, 9.17) is 16.3 Å². The van der Waals surface area contributed by atoms with Gasteiger partial charge in [0.1, 0.15) is 0 Å². The maximum atomic E-state index is 11.9. The standard InChI is InChI=1S/C14H14ClN3O2/c1-7(12-13(19)18-14(16-2)20-12)8-6-17-10-5-3-4-9(15)11(8)10/h3-7,12,17H,1-2H3,(H,16,18,19)/t7-,12+/m0/s1. The molecule has 20 heavy (non-hydrogen) atoms. The van der Waals surface area contributed by atoms with Gasteiger partial charge in [0.05, 0.1) is 5.02 Å². The molecule has 1 aromatic carbocycles. The Balaban J connectivity index is 2.01. The molecule has 2 atom stereocenters. The number of nitrogens with one attached hydrogen (secondary N) is 2. The Morgan fingerprint density at radius 3 is 2.95 bits per heavy atom. The van der Waals surface area contributed by atoms with Crippen LogP contribution in [0.4, 0.5) is 0 Å². The lowest BCUT2D eigenvalue weighted by molar-refractivity contribution is -0.124. The summed E-state index contributed by atoms with van der Waals surface area (Å²) in [4.78, 5) is 19.0. The van der Waals surface area contributed by atoms with E-state index < -0.39 is 6.10 Å². The van der Waals surface area contributed by atoms with Gasteiger partial charge in [-0.1, -0.05) is 24.6 Å². The molecule has 1 amide bonds. The summed E-state index contributed by atoms with van der Waals surface area (Å²) < 4.78 is 5.53. The van der Waals surface area contributed by atoms with Crippen molar-refractivity contribution in [2.45, 2.75) is 18.9 Å². The van der Waals surface area contributed by atoms with Gasteiger partial charge in [-0.15, -0.1) is 0 Å². The van der Waals surface area contributed by atoms with Crippen molar-refractivity contribution in [3.05, 3.63) is 35.0 Å². The van der Waals surface area contributed by atoms with Crippen LogP contribution in [0.25, 0.3) is 10.9 Å². The second-order valence-electron chi connectivity index (χ2n) is 4.75. The van der Waals surface area contributed by atoms with E-state index >= 15 is 0 Å². The molecule has 0 radical (unpaired) electrons. The highest BCUT2D eigenvalue weighted by atomic mass is 35.5. The zero-order valence-electron chi connectivity index (χ0n) is 11.1. The number of carbonyl (C=O) groups is 1. The molecule has 0 saturated carbocycles. The van der Waals surface area contributed by atoms with Crippen LogP contribution in [0.3, 0.4) is 0 Å². The highest BCUT2D eigenvalue weighted by Crippen LogP contribution is 2.34. The minimum absolute atomic E-state index is 0.136. The maximum absolute atomic E-state index is 11.9. The third-order valence-electron chi connectivity index (χ3n) is 3.56. The predicted octanol–water partition coefficient (Wildman–Crippen LogP) is 2.43. The van der Waals surface area contributed by atoms with Crippen LogP contribution in [0, 0.1) is 0 Å². The molecule has 0 unspecified atom stereocenters. The molecule has 1 aromatic heterocycles. The van der Waals surface area contributed by atoms with E-state index in [0.717, 1.165) is 16.5 Å². The summed E-state index contributed by atoms with van der Waals surface area (Å²) in [6.45, 7) is 1.94. The number of amides is 1. The van der Waals surface area contributed by atoms with Crippen molar-refractivity contribution in [1.82, 2.24) is 10.3 Å². The monoisotopic (exact) mass is 291 g/mol. The summed E-state index contributed by atoms with van der Waals surface area (Å²) in [5.74, 6) is -0.317. The van der Waals surface area contributed by atoms with Crippen molar-refractivity contribution < 1.29 is 9.53 Å². The van der Waals surface area contributed by atoms with Gasteiger partial charge in [0, 0.05) is 30.1 Å². The summed E-state index contributed by atoms with van der Waals surface area (Å²) in [5, 5.41) is 4.20. The van der Waals surface area contributed by atoms with Gasteiger partial charge < -0.3 is 9.72 Å². The zero-order valence-corrected chi connectivity index (χ0v) is 11.9. The van der Waals surface area contributed by atoms with Gasteiger partial charge in [0.25, 0.3) is 11.9 Å². The van der Waals surface area contributed by atoms with Gasteiger partial charge >= 0.3 is 0 Å². The number of carbonyl (C=O) groups excluding carboxylic acids is 1. The van der Waals surface area contributed by atoms with Crippen molar-refractivity contribution in [3.8, 4) is 0 Å². The van der Waals surface area contributed by atoms with Gasteiger partial charge in [-0.3, -0.25) is 10.1 Å². The van der Waals surface area contributed by atoms with E-state index in [1.54, 1.807) is 7.05 Å². The van der Waals surface area contributed by atoms with Crippen LogP contribution in [-0.4, -0.2) is 30.1 Å². The molecule has 2 N–H and O–H groups in total. The number of aliphatic imine (C=N–C) groups is 1.